The highest BCUT2D eigenvalue weighted by Gasteiger charge is 2.19. The molecule has 0 aliphatic carbocycles. The minimum Gasteiger partial charge on any atom is -0.379 e. The van der Waals surface area contributed by atoms with E-state index in [0.717, 1.165) is 20.5 Å². The molecule has 0 aliphatic rings. The Morgan fingerprint density at radius 3 is 2.57 bits per heavy atom. The third-order valence-electron chi connectivity index (χ3n) is 2.99. The fourth-order valence-electron chi connectivity index (χ4n) is 1.72. The molecule has 1 heterocycles. The topological polar surface area (TPSA) is 92.6 Å². The number of hydrogen-bond donors (Lipinski definition) is 1. The van der Waals surface area contributed by atoms with Crippen molar-refractivity contribution in [2.24, 2.45) is 0 Å². The summed E-state index contributed by atoms with van der Waals surface area (Å²) in [6.45, 7) is 0.366. The Morgan fingerprint density at radius 2 is 2.00 bits per heavy atom. The zero-order valence-electron chi connectivity index (χ0n) is 12.3. The maximum absolute atomic E-state index is 12.0. The molecule has 2 aromatic rings. The average Bonchev–Trinajstić information content (AvgIpc) is 2.95. The minimum absolute atomic E-state index is 0.0870. The van der Waals surface area contributed by atoms with Crippen LogP contribution in [0.3, 0.4) is 0 Å². The van der Waals surface area contributed by atoms with Gasteiger partial charge in [0.15, 0.2) is 0 Å². The smallest absolute Gasteiger partial charge is 0.271 e. The Kier molecular flexibility index (Phi) is 5.25. The highest BCUT2D eigenvalue weighted by Crippen LogP contribution is 2.28. The molecule has 0 saturated heterocycles. The van der Waals surface area contributed by atoms with Gasteiger partial charge in [-0.15, -0.1) is 11.3 Å². The molecule has 0 amide bonds. The second-order valence-corrected chi connectivity index (χ2v) is 8.74. The van der Waals surface area contributed by atoms with Crippen molar-refractivity contribution in [3.8, 4) is 0 Å². The molecular formula is C13H14ClN3O4S2. The van der Waals surface area contributed by atoms with Gasteiger partial charge in [-0.1, -0.05) is 11.6 Å². The van der Waals surface area contributed by atoms with Crippen molar-refractivity contribution in [1.29, 1.82) is 0 Å². The van der Waals surface area contributed by atoms with Gasteiger partial charge in [-0.25, -0.2) is 12.7 Å². The fourth-order valence-corrected chi connectivity index (χ4v) is 4.42. The lowest BCUT2D eigenvalue weighted by Crippen LogP contribution is -2.21. The molecule has 0 aliphatic heterocycles. The summed E-state index contributed by atoms with van der Waals surface area (Å²) in [7, 11) is -0.488. The summed E-state index contributed by atoms with van der Waals surface area (Å²) >= 11 is 7.15. The van der Waals surface area contributed by atoms with Gasteiger partial charge in [0, 0.05) is 37.6 Å². The molecule has 1 aromatic heterocycles. The van der Waals surface area contributed by atoms with Crippen LogP contribution >= 0.6 is 22.9 Å². The molecule has 1 N–H and O–H groups in total. The molecule has 124 valence electrons. The molecule has 7 nitrogen and oxygen atoms in total. The number of nitrogens with one attached hydrogen (secondary N) is 1. The molecule has 0 saturated carbocycles. The average molecular weight is 376 g/mol. The lowest BCUT2D eigenvalue weighted by Gasteiger charge is -2.09. The van der Waals surface area contributed by atoms with Gasteiger partial charge in [0.05, 0.1) is 15.6 Å². The van der Waals surface area contributed by atoms with Gasteiger partial charge in [-0.3, -0.25) is 10.1 Å². The Balaban J connectivity index is 2.11. The van der Waals surface area contributed by atoms with E-state index in [-0.39, 0.29) is 14.9 Å². The lowest BCUT2D eigenvalue weighted by atomic mass is 10.3. The Bertz CT molecular complexity index is 833. The Morgan fingerprint density at radius 1 is 1.30 bits per heavy atom. The second-order valence-electron chi connectivity index (χ2n) is 4.78. The summed E-state index contributed by atoms with van der Waals surface area (Å²) in [5, 5.41) is 13.9. The van der Waals surface area contributed by atoms with Crippen LogP contribution in [-0.2, 0) is 16.6 Å². The maximum Gasteiger partial charge on any atom is 0.271 e. The van der Waals surface area contributed by atoms with Crippen molar-refractivity contribution in [2.75, 3.05) is 19.4 Å². The SMILES string of the molecule is CN(C)S(=O)(=O)c1ccc(CNc2ccc([N+](=O)[O-])cc2Cl)s1. The lowest BCUT2D eigenvalue weighted by molar-refractivity contribution is -0.384. The molecule has 0 atom stereocenters. The number of nitrogens with zero attached hydrogens (tertiary/aromatic N) is 2. The van der Waals surface area contributed by atoms with Crippen molar-refractivity contribution in [2.45, 2.75) is 10.8 Å². The zero-order chi connectivity index (χ0) is 17.2. The first-order valence-electron chi connectivity index (χ1n) is 6.41. The van der Waals surface area contributed by atoms with Crippen LogP contribution in [0, 0.1) is 10.1 Å². The van der Waals surface area contributed by atoms with Gasteiger partial charge in [0.25, 0.3) is 15.7 Å². The van der Waals surface area contributed by atoms with Crippen LogP contribution < -0.4 is 5.32 Å². The fraction of sp³-hybridized carbons (Fsp3) is 0.231. The van der Waals surface area contributed by atoms with Crippen molar-refractivity contribution in [3.05, 3.63) is 50.3 Å². The number of nitro benzene ring substituents is 1. The van der Waals surface area contributed by atoms with Crippen molar-refractivity contribution in [1.82, 2.24) is 4.31 Å². The third-order valence-corrected chi connectivity index (χ3v) is 6.67. The first-order chi connectivity index (χ1) is 10.7. The summed E-state index contributed by atoms with van der Waals surface area (Å²) in [5.74, 6) is 0. The maximum atomic E-state index is 12.0. The number of sulfonamides is 1. The van der Waals surface area contributed by atoms with Crippen LogP contribution in [0.1, 0.15) is 4.88 Å². The van der Waals surface area contributed by atoms with E-state index in [4.69, 9.17) is 11.6 Å². The normalized spacial score (nSPS) is 11.7. The van der Waals surface area contributed by atoms with Crippen molar-refractivity contribution in [3.63, 3.8) is 0 Å². The molecule has 10 heteroatoms. The van der Waals surface area contributed by atoms with Crippen LogP contribution in [0.15, 0.2) is 34.5 Å². The summed E-state index contributed by atoms with van der Waals surface area (Å²) in [5.41, 5.74) is 0.457. The van der Waals surface area contributed by atoms with E-state index in [1.54, 1.807) is 12.1 Å². The molecule has 0 bridgehead atoms. The Hall–Kier alpha value is -1.68. The number of halogens is 1. The predicted octanol–water partition coefficient (Wildman–Crippen LogP) is 3.17. The van der Waals surface area contributed by atoms with E-state index in [1.807, 2.05) is 0 Å². The number of anilines is 1. The molecule has 0 radical (unpaired) electrons. The molecule has 0 spiro atoms. The van der Waals surface area contributed by atoms with E-state index in [0.29, 0.717) is 12.2 Å². The van der Waals surface area contributed by atoms with Gasteiger partial charge < -0.3 is 5.32 Å². The van der Waals surface area contributed by atoms with Crippen LogP contribution in [0.2, 0.25) is 5.02 Å². The van der Waals surface area contributed by atoms with Gasteiger partial charge in [-0.05, 0) is 18.2 Å². The van der Waals surface area contributed by atoms with E-state index >= 15 is 0 Å². The standard InChI is InChI=1S/C13H14ClN3O4S2/c1-16(2)23(20,21)13-6-4-10(22-13)8-15-12-5-3-9(17(18)19)7-11(12)14/h3-7,15H,8H2,1-2H3. The second kappa shape index (κ2) is 6.83. The number of rotatable bonds is 6. The number of thiophene rings is 1. The Labute approximate surface area is 142 Å². The number of benzene rings is 1. The van der Waals surface area contributed by atoms with Gasteiger partial charge >= 0.3 is 0 Å². The summed E-state index contributed by atoms with van der Waals surface area (Å²) in [6, 6.07) is 7.40. The molecular weight excluding hydrogens is 362 g/mol. The van der Waals surface area contributed by atoms with E-state index in [1.165, 1.54) is 32.3 Å². The quantitative estimate of drug-likeness (QED) is 0.618. The number of nitro groups is 1. The summed E-state index contributed by atoms with van der Waals surface area (Å²) in [6.07, 6.45) is 0. The highest BCUT2D eigenvalue weighted by atomic mass is 35.5. The van der Waals surface area contributed by atoms with Crippen LogP contribution in [0.25, 0.3) is 0 Å². The molecule has 2 rings (SSSR count). The highest BCUT2D eigenvalue weighted by molar-refractivity contribution is 7.91. The number of non-ortho nitro benzene ring substituents is 1. The summed E-state index contributed by atoms with van der Waals surface area (Å²) < 4.78 is 25.4. The van der Waals surface area contributed by atoms with Crippen LogP contribution in [0.5, 0.6) is 0 Å². The zero-order valence-corrected chi connectivity index (χ0v) is 14.7. The molecule has 0 unspecified atom stereocenters. The van der Waals surface area contributed by atoms with Crippen molar-refractivity contribution < 1.29 is 13.3 Å². The van der Waals surface area contributed by atoms with Gasteiger partial charge in [-0.2, -0.15) is 0 Å². The van der Waals surface area contributed by atoms with E-state index in [9.17, 15) is 18.5 Å². The molecule has 0 fully saturated rings. The third kappa shape index (κ3) is 3.99. The van der Waals surface area contributed by atoms with Crippen LogP contribution in [0.4, 0.5) is 11.4 Å². The first kappa shape index (κ1) is 17.7. The molecule has 23 heavy (non-hydrogen) atoms. The number of hydrogen-bond acceptors (Lipinski definition) is 6. The summed E-state index contributed by atoms with van der Waals surface area (Å²) in [4.78, 5) is 10.9. The predicted molar refractivity (Wildman–Crippen MR) is 90.6 cm³/mol. The van der Waals surface area contributed by atoms with Gasteiger partial charge in [0.1, 0.15) is 4.21 Å². The van der Waals surface area contributed by atoms with E-state index in [2.05, 4.69) is 5.32 Å². The first-order valence-corrected chi connectivity index (χ1v) is 9.04. The minimum atomic E-state index is -3.44. The van der Waals surface area contributed by atoms with Crippen LogP contribution in [-0.4, -0.2) is 31.7 Å². The van der Waals surface area contributed by atoms with Gasteiger partial charge in [0.2, 0.25) is 0 Å². The monoisotopic (exact) mass is 375 g/mol. The van der Waals surface area contributed by atoms with E-state index < -0.39 is 14.9 Å². The molecule has 1 aromatic carbocycles. The largest absolute Gasteiger partial charge is 0.379 e. The van der Waals surface area contributed by atoms with Crippen molar-refractivity contribution >= 4 is 44.3 Å².